The van der Waals surface area contributed by atoms with Crippen LogP contribution >= 0.6 is 35.7 Å². The fourth-order valence-corrected chi connectivity index (χ4v) is 3.12. The predicted molar refractivity (Wildman–Crippen MR) is 106 cm³/mol. The molecule has 0 saturated carbocycles. The lowest BCUT2D eigenvalue weighted by molar-refractivity contribution is 0.114. The molecule has 2 N–H and O–H groups in total. The summed E-state index contributed by atoms with van der Waals surface area (Å²) in [5.41, 5.74) is 2.59. The number of halogens is 1. The third kappa shape index (κ3) is 5.96. The molecule has 1 heterocycles. The summed E-state index contributed by atoms with van der Waals surface area (Å²) in [7, 11) is 1.80. The summed E-state index contributed by atoms with van der Waals surface area (Å²) in [5, 5.41) is 6.71. The predicted octanol–water partition coefficient (Wildman–Crippen LogP) is 3.18. The van der Waals surface area contributed by atoms with E-state index in [9.17, 15) is 0 Å². The van der Waals surface area contributed by atoms with Crippen LogP contribution in [0.15, 0.2) is 28.1 Å². The van der Waals surface area contributed by atoms with E-state index >= 15 is 0 Å². The van der Waals surface area contributed by atoms with E-state index < -0.39 is 0 Å². The Hall–Kier alpha value is -0.470. The molecule has 22 heavy (non-hydrogen) atoms. The lowest BCUT2D eigenvalue weighted by Crippen LogP contribution is -2.40. The fourth-order valence-electron chi connectivity index (χ4n) is 2.41. The second-order valence-electron chi connectivity index (χ2n) is 5.26. The summed E-state index contributed by atoms with van der Waals surface area (Å²) >= 11 is 1.78. The highest BCUT2D eigenvalue weighted by atomic mass is 127. The van der Waals surface area contributed by atoms with E-state index in [1.165, 1.54) is 22.4 Å². The Kier molecular flexibility index (Phi) is 9.19. The largest absolute Gasteiger partial charge is 0.376 e. The van der Waals surface area contributed by atoms with E-state index in [0.29, 0.717) is 6.10 Å². The monoisotopic (exact) mass is 435 g/mol. The number of rotatable bonds is 5. The number of aliphatic imine (C=N–C) groups is 1. The molecule has 1 atom stereocenters. The highest BCUT2D eigenvalue weighted by Gasteiger charge is 2.15. The van der Waals surface area contributed by atoms with E-state index in [4.69, 9.17) is 4.74 Å². The summed E-state index contributed by atoms with van der Waals surface area (Å²) < 4.78 is 5.61. The van der Waals surface area contributed by atoms with Crippen LogP contribution in [0.4, 0.5) is 0 Å². The highest BCUT2D eigenvalue weighted by molar-refractivity contribution is 14.0. The minimum Gasteiger partial charge on any atom is -0.376 e. The van der Waals surface area contributed by atoms with Gasteiger partial charge in [-0.1, -0.05) is 12.1 Å². The van der Waals surface area contributed by atoms with Gasteiger partial charge in [0.2, 0.25) is 0 Å². The third-order valence-corrected chi connectivity index (χ3v) is 4.45. The number of guanidine groups is 1. The number of ether oxygens (including phenoxy) is 1. The molecule has 4 nitrogen and oxygen atoms in total. The number of nitrogens with one attached hydrogen (secondary N) is 2. The van der Waals surface area contributed by atoms with Gasteiger partial charge in [-0.2, -0.15) is 0 Å². The van der Waals surface area contributed by atoms with Crippen LogP contribution in [0.3, 0.4) is 0 Å². The quantitative estimate of drug-likeness (QED) is 0.323. The van der Waals surface area contributed by atoms with Gasteiger partial charge in [-0.15, -0.1) is 35.7 Å². The van der Waals surface area contributed by atoms with Crippen molar-refractivity contribution in [3.8, 4) is 0 Å². The molecule has 1 aromatic carbocycles. The van der Waals surface area contributed by atoms with Gasteiger partial charge in [-0.05, 0) is 43.2 Å². The Balaban J connectivity index is 0.00000242. The smallest absolute Gasteiger partial charge is 0.191 e. The second-order valence-corrected chi connectivity index (χ2v) is 6.11. The average molecular weight is 435 g/mol. The molecule has 0 radical (unpaired) electrons. The van der Waals surface area contributed by atoms with Crippen molar-refractivity contribution in [1.82, 2.24) is 10.6 Å². The zero-order chi connectivity index (χ0) is 15.1. The molecule has 0 spiro atoms. The van der Waals surface area contributed by atoms with Crippen LogP contribution in [-0.2, 0) is 11.3 Å². The van der Waals surface area contributed by atoms with Gasteiger partial charge in [0.15, 0.2) is 5.96 Å². The molecule has 1 aromatic rings. The molecule has 1 unspecified atom stereocenters. The molecular weight excluding hydrogens is 409 g/mol. The molecule has 0 amide bonds. The van der Waals surface area contributed by atoms with Gasteiger partial charge in [0.05, 0.1) is 6.10 Å². The maximum atomic E-state index is 5.61. The number of nitrogens with zero attached hydrogens (tertiary/aromatic N) is 1. The lowest BCUT2D eigenvalue weighted by atomic mass is 10.1. The Labute approximate surface area is 154 Å². The topological polar surface area (TPSA) is 45.7 Å². The summed E-state index contributed by atoms with van der Waals surface area (Å²) in [5.74, 6) is 0.832. The van der Waals surface area contributed by atoms with Gasteiger partial charge in [0.25, 0.3) is 0 Å². The first-order valence-electron chi connectivity index (χ1n) is 7.42. The SMILES string of the molecule is CN=C(NCc1ccc(C)cc1SC)NCC1CCCO1.I. The average Bonchev–Trinajstić information content (AvgIpc) is 3.01. The number of aryl methyl sites for hydroxylation is 1. The van der Waals surface area contributed by atoms with Gasteiger partial charge in [-0.25, -0.2) is 0 Å². The van der Waals surface area contributed by atoms with Crippen molar-refractivity contribution in [2.24, 2.45) is 4.99 Å². The highest BCUT2D eigenvalue weighted by Crippen LogP contribution is 2.21. The molecule has 1 fully saturated rings. The number of hydrogen-bond acceptors (Lipinski definition) is 3. The molecule has 1 aliphatic heterocycles. The van der Waals surface area contributed by atoms with Gasteiger partial charge in [0.1, 0.15) is 0 Å². The van der Waals surface area contributed by atoms with Crippen molar-refractivity contribution >= 4 is 41.7 Å². The third-order valence-electron chi connectivity index (χ3n) is 3.63. The van der Waals surface area contributed by atoms with E-state index in [1.54, 1.807) is 18.8 Å². The van der Waals surface area contributed by atoms with Crippen LogP contribution in [0.2, 0.25) is 0 Å². The Morgan fingerprint density at radius 3 is 2.86 bits per heavy atom. The fraction of sp³-hybridized carbons (Fsp3) is 0.562. The zero-order valence-electron chi connectivity index (χ0n) is 13.5. The number of hydrogen-bond donors (Lipinski definition) is 2. The Bertz CT molecular complexity index is 490. The van der Waals surface area contributed by atoms with Crippen molar-refractivity contribution in [1.29, 1.82) is 0 Å². The first kappa shape index (κ1) is 19.6. The summed E-state index contributed by atoms with van der Waals surface area (Å²) in [4.78, 5) is 5.59. The normalized spacial score (nSPS) is 18.0. The first-order valence-corrected chi connectivity index (χ1v) is 8.65. The van der Waals surface area contributed by atoms with E-state index in [1.807, 2.05) is 0 Å². The molecular formula is C16H26IN3OS. The zero-order valence-corrected chi connectivity index (χ0v) is 16.7. The van der Waals surface area contributed by atoms with Crippen molar-refractivity contribution < 1.29 is 4.74 Å². The Morgan fingerprint density at radius 2 is 2.23 bits per heavy atom. The minimum absolute atomic E-state index is 0. The van der Waals surface area contributed by atoms with Crippen LogP contribution in [0.25, 0.3) is 0 Å². The maximum absolute atomic E-state index is 5.61. The van der Waals surface area contributed by atoms with Crippen molar-refractivity contribution in [2.45, 2.75) is 37.3 Å². The van der Waals surface area contributed by atoms with Crippen LogP contribution in [0, 0.1) is 6.92 Å². The number of benzene rings is 1. The summed E-state index contributed by atoms with van der Waals surface area (Å²) in [6, 6.07) is 6.56. The summed E-state index contributed by atoms with van der Waals surface area (Å²) in [6.45, 7) is 4.61. The number of thioether (sulfide) groups is 1. The molecule has 124 valence electrons. The van der Waals surface area contributed by atoms with Crippen molar-refractivity contribution in [3.05, 3.63) is 29.3 Å². The second kappa shape index (κ2) is 10.3. The van der Waals surface area contributed by atoms with Gasteiger partial charge >= 0.3 is 0 Å². The van der Waals surface area contributed by atoms with Crippen LogP contribution in [-0.4, -0.2) is 38.5 Å². The lowest BCUT2D eigenvalue weighted by Gasteiger charge is -2.16. The molecule has 0 aromatic heterocycles. The molecule has 0 aliphatic carbocycles. The minimum atomic E-state index is 0. The maximum Gasteiger partial charge on any atom is 0.191 e. The summed E-state index contributed by atoms with van der Waals surface area (Å²) in [6.07, 6.45) is 4.74. The van der Waals surface area contributed by atoms with Crippen LogP contribution < -0.4 is 10.6 Å². The van der Waals surface area contributed by atoms with E-state index in [-0.39, 0.29) is 24.0 Å². The van der Waals surface area contributed by atoms with E-state index in [0.717, 1.165) is 32.1 Å². The van der Waals surface area contributed by atoms with Crippen LogP contribution in [0.5, 0.6) is 0 Å². The standard InChI is InChI=1S/C16H25N3OS.HI/c1-12-6-7-13(15(9-12)21-3)10-18-16(17-2)19-11-14-5-4-8-20-14;/h6-7,9,14H,4-5,8,10-11H2,1-3H3,(H2,17,18,19);1H. The molecule has 6 heteroatoms. The first-order chi connectivity index (χ1) is 10.2. The molecule has 1 saturated heterocycles. The van der Waals surface area contributed by atoms with Gasteiger partial charge in [0, 0.05) is 31.6 Å². The van der Waals surface area contributed by atoms with Crippen molar-refractivity contribution in [2.75, 3.05) is 26.5 Å². The van der Waals surface area contributed by atoms with E-state index in [2.05, 4.69) is 47.0 Å². The van der Waals surface area contributed by atoms with Crippen LogP contribution in [0.1, 0.15) is 24.0 Å². The molecule has 0 bridgehead atoms. The van der Waals surface area contributed by atoms with Gasteiger partial charge in [-0.3, -0.25) is 4.99 Å². The van der Waals surface area contributed by atoms with Gasteiger partial charge < -0.3 is 15.4 Å². The molecule has 2 rings (SSSR count). The van der Waals surface area contributed by atoms with Crippen molar-refractivity contribution in [3.63, 3.8) is 0 Å². The Morgan fingerprint density at radius 1 is 1.41 bits per heavy atom. The molecule has 1 aliphatic rings.